The first kappa shape index (κ1) is 10.6. The Morgan fingerprint density at radius 1 is 1.40 bits per heavy atom. The quantitative estimate of drug-likeness (QED) is 0.386. The Bertz CT molecular complexity index is 85.8. The molecule has 0 saturated heterocycles. The van der Waals surface area contributed by atoms with Gasteiger partial charge < -0.3 is 9.47 Å². The largest absolute Gasteiger partial charge is 0.358 e. The smallest absolute Gasteiger partial charge is 0.140 e. The summed E-state index contributed by atoms with van der Waals surface area (Å²) in [6, 6.07) is 0. The van der Waals surface area contributed by atoms with Crippen LogP contribution in [-0.4, -0.2) is 35.2 Å². The lowest BCUT2D eigenvalue weighted by Crippen LogP contribution is -2.34. The Hall–Kier alpha value is 0.617. The summed E-state index contributed by atoms with van der Waals surface area (Å²) in [5, 5.41) is 1.02. The number of rotatable bonds is 5. The van der Waals surface area contributed by atoms with Gasteiger partial charge in [-0.25, -0.2) is 0 Å². The molecule has 0 aromatic carbocycles. The second kappa shape index (κ2) is 5.29. The topological polar surface area (TPSA) is 18.5 Å². The van der Waals surface area contributed by atoms with Crippen LogP contribution in [0.15, 0.2) is 0 Å². The zero-order valence-electron chi connectivity index (χ0n) is 6.82. The Kier molecular flexibility index (Phi) is 5.62. The first-order chi connectivity index (χ1) is 4.68. The summed E-state index contributed by atoms with van der Waals surface area (Å²) >= 11 is 3.36. The van der Waals surface area contributed by atoms with Crippen molar-refractivity contribution in [3.8, 4) is 0 Å². The molecule has 0 radical (unpaired) electrons. The summed E-state index contributed by atoms with van der Waals surface area (Å²) in [7, 11) is 4.32. The van der Waals surface area contributed by atoms with Crippen LogP contribution < -0.4 is 0 Å². The minimum atomic E-state index is -0.256. The van der Waals surface area contributed by atoms with Gasteiger partial charge in [0.15, 0.2) is 0 Å². The summed E-state index contributed by atoms with van der Waals surface area (Å²) in [6.07, 6.45) is 2.09. The van der Waals surface area contributed by atoms with Gasteiger partial charge in [-0.1, -0.05) is 15.9 Å². The van der Waals surface area contributed by atoms with Crippen LogP contribution in [0.1, 0.15) is 12.8 Å². The van der Waals surface area contributed by atoms with Crippen molar-refractivity contribution in [3.05, 3.63) is 0 Å². The van der Waals surface area contributed by atoms with Crippen molar-refractivity contribution in [2.24, 2.45) is 0 Å². The highest BCUT2D eigenvalue weighted by Crippen LogP contribution is 2.13. The lowest BCUT2D eigenvalue weighted by Gasteiger charge is -2.26. The molecule has 0 aliphatic heterocycles. The lowest BCUT2D eigenvalue weighted by molar-refractivity contribution is -0.145. The highest BCUT2D eigenvalue weighted by molar-refractivity contribution is 9.09. The molecule has 0 aliphatic rings. The first-order valence-electron chi connectivity index (χ1n) is 3.35. The van der Waals surface area contributed by atoms with E-state index >= 15 is 0 Å². The Morgan fingerprint density at radius 2 is 1.90 bits per heavy atom. The fourth-order valence-electron chi connectivity index (χ4n) is 0.675. The van der Waals surface area contributed by atoms with E-state index in [1.807, 2.05) is 0 Å². The molecule has 0 fully saturated rings. The highest BCUT2D eigenvalue weighted by Gasteiger charge is 2.20. The maximum Gasteiger partial charge on any atom is 0.140 e. The lowest BCUT2D eigenvalue weighted by atomic mass is 10.3. The maximum atomic E-state index is 5.21. The van der Waals surface area contributed by atoms with Crippen LogP contribution in [0.2, 0.25) is 0 Å². The number of ether oxygens (including phenoxy) is 2. The third kappa shape index (κ3) is 3.70. The monoisotopic (exact) mass is 226 g/mol. The summed E-state index contributed by atoms with van der Waals surface area (Å²) < 4.78 is 10.4. The standard InChI is InChI=1S/C6H15BrO2Si/c1-8-6(10,9-2)4-3-5-7/h3-5H2,1-2,10H3. The van der Waals surface area contributed by atoms with Crippen molar-refractivity contribution >= 4 is 26.2 Å². The molecular weight excluding hydrogens is 212 g/mol. The summed E-state index contributed by atoms with van der Waals surface area (Å²) in [5.74, 6) is 0. The van der Waals surface area contributed by atoms with Crippen LogP contribution in [0.4, 0.5) is 0 Å². The normalized spacial score (nSPS) is 12.3. The van der Waals surface area contributed by atoms with E-state index in [9.17, 15) is 0 Å². The number of methoxy groups -OCH3 is 2. The van der Waals surface area contributed by atoms with Crippen LogP contribution in [-0.2, 0) is 9.47 Å². The molecule has 0 aromatic heterocycles. The Morgan fingerprint density at radius 3 is 2.20 bits per heavy atom. The van der Waals surface area contributed by atoms with Gasteiger partial charge in [-0.2, -0.15) is 0 Å². The van der Waals surface area contributed by atoms with Gasteiger partial charge in [0.2, 0.25) is 0 Å². The Labute approximate surface area is 73.8 Å². The summed E-state index contributed by atoms with van der Waals surface area (Å²) in [6.45, 7) is 0. The molecule has 0 atom stereocenters. The number of hydrogen-bond acceptors (Lipinski definition) is 2. The SMILES string of the molecule is COC([SiH3])(CCCBr)OC. The minimum absolute atomic E-state index is 0.256. The van der Waals surface area contributed by atoms with E-state index in [1.165, 1.54) is 0 Å². The van der Waals surface area contributed by atoms with Gasteiger partial charge in [-0.3, -0.25) is 0 Å². The molecular formula is C6H15BrO2Si. The van der Waals surface area contributed by atoms with E-state index in [4.69, 9.17) is 9.47 Å². The molecule has 0 saturated carbocycles. The van der Waals surface area contributed by atoms with E-state index in [1.54, 1.807) is 14.2 Å². The molecule has 0 spiro atoms. The van der Waals surface area contributed by atoms with Gasteiger partial charge >= 0.3 is 0 Å². The van der Waals surface area contributed by atoms with E-state index in [0.717, 1.165) is 28.4 Å². The van der Waals surface area contributed by atoms with Gasteiger partial charge in [0.05, 0.1) is 10.2 Å². The summed E-state index contributed by atoms with van der Waals surface area (Å²) in [5.41, 5.74) is -0.256. The van der Waals surface area contributed by atoms with Gasteiger partial charge in [-0.15, -0.1) is 0 Å². The Balaban J connectivity index is 3.58. The van der Waals surface area contributed by atoms with E-state index in [-0.39, 0.29) is 5.41 Å². The van der Waals surface area contributed by atoms with Gasteiger partial charge in [0.1, 0.15) is 5.41 Å². The third-order valence-electron chi connectivity index (χ3n) is 1.63. The average Bonchev–Trinajstić information content (AvgIpc) is 2.00. The molecule has 0 N–H and O–H groups in total. The zero-order valence-corrected chi connectivity index (χ0v) is 10.4. The van der Waals surface area contributed by atoms with Crippen molar-refractivity contribution in [3.63, 3.8) is 0 Å². The minimum Gasteiger partial charge on any atom is -0.358 e. The first-order valence-corrected chi connectivity index (χ1v) is 5.47. The van der Waals surface area contributed by atoms with Crippen molar-refractivity contribution in [2.75, 3.05) is 19.5 Å². The average molecular weight is 227 g/mol. The van der Waals surface area contributed by atoms with Gasteiger partial charge in [-0.05, 0) is 12.8 Å². The molecule has 0 unspecified atom stereocenters. The van der Waals surface area contributed by atoms with Crippen LogP contribution in [0.25, 0.3) is 0 Å². The highest BCUT2D eigenvalue weighted by atomic mass is 79.9. The molecule has 0 aliphatic carbocycles. The second-order valence-electron chi connectivity index (χ2n) is 2.33. The predicted octanol–water partition coefficient (Wildman–Crippen LogP) is 0.474. The van der Waals surface area contributed by atoms with Crippen molar-refractivity contribution < 1.29 is 9.47 Å². The maximum absolute atomic E-state index is 5.21. The molecule has 0 amide bonds. The fourth-order valence-corrected chi connectivity index (χ4v) is 1.31. The zero-order chi connectivity index (χ0) is 8.04. The number of halogens is 1. The molecule has 0 heterocycles. The number of hydrogen-bond donors (Lipinski definition) is 0. The molecule has 4 heteroatoms. The molecule has 0 rings (SSSR count). The van der Waals surface area contributed by atoms with E-state index in [0.29, 0.717) is 0 Å². The molecule has 0 aromatic rings. The van der Waals surface area contributed by atoms with Crippen LogP contribution in [0.3, 0.4) is 0 Å². The van der Waals surface area contributed by atoms with Crippen LogP contribution in [0.5, 0.6) is 0 Å². The van der Waals surface area contributed by atoms with Gasteiger partial charge in [0.25, 0.3) is 0 Å². The van der Waals surface area contributed by atoms with Crippen LogP contribution in [0, 0.1) is 0 Å². The third-order valence-corrected chi connectivity index (χ3v) is 3.51. The van der Waals surface area contributed by atoms with E-state index < -0.39 is 0 Å². The van der Waals surface area contributed by atoms with Crippen molar-refractivity contribution in [2.45, 2.75) is 18.3 Å². The molecule has 10 heavy (non-hydrogen) atoms. The number of alkyl halides is 1. The molecule has 62 valence electrons. The van der Waals surface area contributed by atoms with Crippen molar-refractivity contribution in [1.82, 2.24) is 0 Å². The van der Waals surface area contributed by atoms with Crippen LogP contribution >= 0.6 is 15.9 Å². The summed E-state index contributed by atoms with van der Waals surface area (Å²) in [4.78, 5) is 0. The second-order valence-corrected chi connectivity index (χ2v) is 4.65. The van der Waals surface area contributed by atoms with Gasteiger partial charge in [0, 0.05) is 19.5 Å². The van der Waals surface area contributed by atoms with E-state index in [2.05, 4.69) is 15.9 Å². The molecule has 2 nitrogen and oxygen atoms in total. The molecule has 0 bridgehead atoms. The fraction of sp³-hybridized carbons (Fsp3) is 1.00. The van der Waals surface area contributed by atoms with Crippen molar-refractivity contribution in [1.29, 1.82) is 0 Å². The predicted molar refractivity (Wildman–Crippen MR) is 49.7 cm³/mol.